The molecule has 0 bridgehead atoms. The van der Waals surface area contributed by atoms with Crippen molar-refractivity contribution in [3.8, 4) is 5.69 Å². The van der Waals surface area contributed by atoms with Gasteiger partial charge >= 0.3 is 0 Å². The first-order chi connectivity index (χ1) is 15.1. The van der Waals surface area contributed by atoms with E-state index in [2.05, 4.69) is 5.32 Å². The summed E-state index contributed by atoms with van der Waals surface area (Å²) in [4.78, 5) is 22.8. The number of anilines is 1. The molecular formula is C25H21N5O. The number of carbonyl (C=O) groups is 1. The van der Waals surface area contributed by atoms with E-state index in [1.165, 1.54) is 5.56 Å². The van der Waals surface area contributed by atoms with Crippen molar-refractivity contribution < 1.29 is 4.79 Å². The van der Waals surface area contributed by atoms with E-state index in [9.17, 15) is 4.79 Å². The normalized spacial score (nSPS) is 11.1. The molecule has 2 aromatic heterocycles. The van der Waals surface area contributed by atoms with E-state index in [1.54, 1.807) is 4.57 Å². The van der Waals surface area contributed by atoms with Gasteiger partial charge in [0, 0.05) is 12.2 Å². The molecule has 6 heteroatoms. The molecule has 6 nitrogen and oxygen atoms in total. The van der Waals surface area contributed by atoms with Gasteiger partial charge in [-0.3, -0.25) is 9.36 Å². The molecule has 0 saturated carbocycles. The Hall–Kier alpha value is -4.19. The summed E-state index contributed by atoms with van der Waals surface area (Å²) >= 11 is 0. The van der Waals surface area contributed by atoms with Gasteiger partial charge in [-0.25, -0.2) is 9.97 Å². The summed E-state index contributed by atoms with van der Waals surface area (Å²) in [6.07, 6.45) is 0. The maximum atomic E-state index is 13.2. The molecule has 0 aliphatic rings. The topological polar surface area (TPSA) is 85.8 Å². The van der Waals surface area contributed by atoms with E-state index in [0.29, 0.717) is 34.6 Å². The number of aryl methyl sites for hydroxylation is 1. The van der Waals surface area contributed by atoms with Crippen LogP contribution in [0, 0.1) is 6.92 Å². The van der Waals surface area contributed by atoms with Crippen LogP contribution in [0.25, 0.3) is 27.9 Å². The summed E-state index contributed by atoms with van der Waals surface area (Å²) in [5.41, 5.74) is 12.4. The molecule has 3 N–H and O–H groups in total. The highest BCUT2D eigenvalue weighted by atomic mass is 16.1. The zero-order chi connectivity index (χ0) is 21.4. The number of nitrogens with one attached hydrogen (secondary N) is 1. The van der Waals surface area contributed by atoms with Gasteiger partial charge in [0.05, 0.1) is 11.0 Å². The van der Waals surface area contributed by atoms with Crippen LogP contribution in [0.15, 0.2) is 78.9 Å². The number of fused-ring (bicyclic) bond motifs is 2. The largest absolute Gasteiger partial charge is 0.384 e. The van der Waals surface area contributed by atoms with Crippen molar-refractivity contribution in [1.29, 1.82) is 0 Å². The molecule has 0 unspecified atom stereocenters. The van der Waals surface area contributed by atoms with E-state index >= 15 is 0 Å². The molecule has 0 aliphatic heterocycles. The highest BCUT2D eigenvalue weighted by Crippen LogP contribution is 2.30. The third-order valence-electron chi connectivity index (χ3n) is 5.31. The molecule has 31 heavy (non-hydrogen) atoms. The monoisotopic (exact) mass is 407 g/mol. The SMILES string of the molecule is Cc1ccc(CNC(=O)c2c(N)n(-c3ccccc3)c3nc4ccccc4nc23)cc1. The van der Waals surface area contributed by atoms with Gasteiger partial charge in [0.25, 0.3) is 5.91 Å². The molecule has 0 fully saturated rings. The minimum absolute atomic E-state index is 0.276. The molecule has 3 aromatic carbocycles. The van der Waals surface area contributed by atoms with Gasteiger partial charge in [0.1, 0.15) is 16.9 Å². The molecule has 2 heterocycles. The Balaban J connectivity index is 1.64. The third kappa shape index (κ3) is 3.38. The van der Waals surface area contributed by atoms with Crippen LogP contribution in [0.3, 0.4) is 0 Å². The Bertz CT molecular complexity index is 1410. The van der Waals surface area contributed by atoms with Gasteiger partial charge in [0.2, 0.25) is 0 Å². The van der Waals surface area contributed by atoms with Crippen molar-refractivity contribution in [2.75, 3.05) is 5.73 Å². The maximum absolute atomic E-state index is 13.2. The molecule has 0 saturated heterocycles. The van der Waals surface area contributed by atoms with Gasteiger partial charge in [-0.1, -0.05) is 60.2 Å². The predicted molar refractivity (Wildman–Crippen MR) is 123 cm³/mol. The summed E-state index contributed by atoms with van der Waals surface area (Å²) in [7, 11) is 0. The number of aromatic nitrogens is 3. The second-order valence-corrected chi connectivity index (χ2v) is 7.48. The van der Waals surface area contributed by atoms with E-state index in [-0.39, 0.29) is 5.91 Å². The van der Waals surface area contributed by atoms with Crippen LogP contribution >= 0.6 is 0 Å². The number of para-hydroxylation sites is 3. The van der Waals surface area contributed by atoms with Gasteiger partial charge in [0.15, 0.2) is 5.65 Å². The van der Waals surface area contributed by atoms with Crippen molar-refractivity contribution in [2.45, 2.75) is 13.5 Å². The van der Waals surface area contributed by atoms with E-state index in [4.69, 9.17) is 15.7 Å². The second kappa shape index (κ2) is 7.57. The number of nitrogen functional groups attached to an aromatic ring is 1. The fourth-order valence-electron chi connectivity index (χ4n) is 3.70. The van der Waals surface area contributed by atoms with Gasteiger partial charge in [-0.15, -0.1) is 0 Å². The molecule has 152 valence electrons. The van der Waals surface area contributed by atoms with Crippen LogP contribution in [0.1, 0.15) is 21.5 Å². The van der Waals surface area contributed by atoms with Crippen LogP contribution in [0.2, 0.25) is 0 Å². The van der Waals surface area contributed by atoms with Crippen LogP contribution in [-0.4, -0.2) is 20.4 Å². The second-order valence-electron chi connectivity index (χ2n) is 7.48. The highest BCUT2D eigenvalue weighted by molar-refractivity contribution is 6.11. The summed E-state index contributed by atoms with van der Waals surface area (Å²) in [5.74, 6) is 0.0419. The number of rotatable bonds is 4. The van der Waals surface area contributed by atoms with Crippen molar-refractivity contribution in [1.82, 2.24) is 19.9 Å². The van der Waals surface area contributed by atoms with Gasteiger partial charge in [-0.05, 0) is 36.8 Å². The minimum Gasteiger partial charge on any atom is -0.384 e. The van der Waals surface area contributed by atoms with Crippen molar-refractivity contribution >= 4 is 33.9 Å². The minimum atomic E-state index is -0.276. The number of hydrogen-bond acceptors (Lipinski definition) is 4. The van der Waals surface area contributed by atoms with Crippen molar-refractivity contribution in [2.24, 2.45) is 0 Å². The van der Waals surface area contributed by atoms with E-state index in [1.807, 2.05) is 85.8 Å². The fourth-order valence-corrected chi connectivity index (χ4v) is 3.70. The molecule has 0 spiro atoms. The summed E-state index contributed by atoms with van der Waals surface area (Å²) < 4.78 is 1.79. The van der Waals surface area contributed by atoms with E-state index in [0.717, 1.165) is 16.8 Å². The fraction of sp³-hybridized carbons (Fsp3) is 0.0800. The zero-order valence-electron chi connectivity index (χ0n) is 17.0. The van der Waals surface area contributed by atoms with Crippen molar-refractivity contribution in [3.63, 3.8) is 0 Å². The Kier molecular flexibility index (Phi) is 4.59. The van der Waals surface area contributed by atoms with Crippen LogP contribution in [0.5, 0.6) is 0 Å². The summed E-state index contributed by atoms with van der Waals surface area (Å²) in [6.45, 7) is 2.43. The third-order valence-corrected chi connectivity index (χ3v) is 5.31. The number of nitrogens with two attached hydrogens (primary N) is 1. The first-order valence-electron chi connectivity index (χ1n) is 10.1. The molecule has 0 atom stereocenters. The number of nitrogens with zero attached hydrogens (tertiary/aromatic N) is 3. The van der Waals surface area contributed by atoms with E-state index < -0.39 is 0 Å². The van der Waals surface area contributed by atoms with Crippen LogP contribution < -0.4 is 11.1 Å². The lowest BCUT2D eigenvalue weighted by Crippen LogP contribution is -2.24. The van der Waals surface area contributed by atoms with Gasteiger partial charge in [-0.2, -0.15) is 0 Å². The predicted octanol–water partition coefficient (Wildman–Crippen LogP) is 4.39. The number of hydrogen-bond donors (Lipinski definition) is 2. The standard InChI is InChI=1S/C25H21N5O/c1-16-11-13-17(14-12-16)15-27-25(31)21-22-24(29-20-10-6-5-9-19(20)28-22)30(23(21)26)18-7-3-2-4-8-18/h2-14H,15,26H2,1H3,(H,27,31). The smallest absolute Gasteiger partial charge is 0.257 e. The molecular weight excluding hydrogens is 386 g/mol. The lowest BCUT2D eigenvalue weighted by atomic mass is 10.1. The molecule has 5 aromatic rings. The Morgan fingerprint density at radius 3 is 2.26 bits per heavy atom. The van der Waals surface area contributed by atoms with Crippen LogP contribution in [-0.2, 0) is 6.54 Å². The lowest BCUT2D eigenvalue weighted by molar-refractivity contribution is 0.0953. The van der Waals surface area contributed by atoms with Crippen molar-refractivity contribution in [3.05, 3.63) is 95.6 Å². The highest BCUT2D eigenvalue weighted by Gasteiger charge is 2.24. The van der Waals surface area contributed by atoms with Crippen LogP contribution in [0.4, 0.5) is 5.82 Å². The Morgan fingerprint density at radius 1 is 0.903 bits per heavy atom. The summed E-state index contributed by atoms with van der Waals surface area (Å²) in [6, 6.07) is 25.3. The molecule has 1 amide bonds. The molecule has 5 rings (SSSR count). The molecule has 0 aliphatic carbocycles. The Labute approximate surface area is 179 Å². The quantitative estimate of drug-likeness (QED) is 0.463. The maximum Gasteiger partial charge on any atom is 0.257 e. The number of amides is 1. The van der Waals surface area contributed by atoms with Gasteiger partial charge < -0.3 is 11.1 Å². The summed E-state index contributed by atoms with van der Waals surface area (Å²) in [5, 5.41) is 2.98. The zero-order valence-corrected chi connectivity index (χ0v) is 17.0. The average molecular weight is 407 g/mol. The first kappa shape index (κ1) is 18.8. The lowest BCUT2D eigenvalue weighted by Gasteiger charge is -2.08. The molecule has 0 radical (unpaired) electrons. The first-order valence-corrected chi connectivity index (χ1v) is 10.1. The number of benzene rings is 3. The average Bonchev–Trinajstić information content (AvgIpc) is 3.08. The Morgan fingerprint density at radius 2 is 1.55 bits per heavy atom. The number of carbonyl (C=O) groups excluding carboxylic acids is 1.